The molecule has 0 N–H and O–H groups in total. The van der Waals surface area contributed by atoms with Crippen LogP contribution in [0.25, 0.3) is 0 Å². The van der Waals surface area contributed by atoms with E-state index >= 15 is 0 Å². The first-order chi connectivity index (χ1) is 15.3. The second-order valence-corrected chi connectivity index (χ2v) is 8.23. The molecule has 1 nitrogen and oxygen atoms in total. The third-order valence-electron chi connectivity index (χ3n) is 6.06. The number of allylic oxidation sites excluding steroid dienone is 1. The average Bonchev–Trinajstić information content (AvgIpc) is 2.79. The number of alkyl halides is 4. The molecule has 1 fully saturated rings. The van der Waals surface area contributed by atoms with Gasteiger partial charge in [0.05, 0.1) is 0 Å². The van der Waals surface area contributed by atoms with Gasteiger partial charge in [-0.25, -0.2) is 0 Å². The topological polar surface area (TPSA) is 9.23 Å². The third kappa shape index (κ3) is 6.38. The van der Waals surface area contributed by atoms with Crippen LogP contribution in [0.3, 0.4) is 0 Å². The summed E-state index contributed by atoms with van der Waals surface area (Å²) in [6, 6.07) is 14.6. The normalized spacial score (nSPS) is 20.5. The molecule has 32 heavy (non-hydrogen) atoms. The van der Waals surface area contributed by atoms with Crippen LogP contribution >= 0.6 is 0 Å². The highest BCUT2D eigenvalue weighted by Gasteiger charge is 2.42. The molecule has 2 aromatic rings. The molecule has 1 aliphatic carbocycles. The van der Waals surface area contributed by atoms with Gasteiger partial charge in [0.2, 0.25) is 0 Å². The highest BCUT2D eigenvalue weighted by molar-refractivity contribution is 5.38. The lowest BCUT2D eigenvalue weighted by molar-refractivity contribution is -0.236. The summed E-state index contributed by atoms with van der Waals surface area (Å²) in [7, 11) is 0. The van der Waals surface area contributed by atoms with Gasteiger partial charge >= 0.3 is 12.5 Å². The lowest BCUT2D eigenvalue weighted by atomic mass is 9.79. The summed E-state index contributed by atoms with van der Waals surface area (Å²) in [6.45, 7) is 6.03. The fourth-order valence-electron chi connectivity index (χ4n) is 4.11. The fourth-order valence-corrected chi connectivity index (χ4v) is 4.11. The van der Waals surface area contributed by atoms with E-state index in [2.05, 4.69) is 54.3 Å². The second-order valence-electron chi connectivity index (χ2n) is 8.23. The first-order valence-corrected chi connectivity index (χ1v) is 11.0. The molecule has 0 bridgehead atoms. The Kier molecular flexibility index (Phi) is 8.01. The summed E-state index contributed by atoms with van der Waals surface area (Å²) < 4.78 is 54.2. The molecule has 2 aromatic carbocycles. The molecular formula is C27H28F4O. The van der Waals surface area contributed by atoms with Gasteiger partial charge in [-0.1, -0.05) is 49.1 Å². The molecule has 0 spiro atoms. The van der Waals surface area contributed by atoms with Crippen molar-refractivity contribution in [2.24, 2.45) is 5.92 Å². The quantitative estimate of drug-likeness (QED) is 0.250. The van der Waals surface area contributed by atoms with Crippen molar-refractivity contribution in [2.45, 2.75) is 63.4 Å². The number of halogens is 4. The molecule has 3 rings (SSSR count). The maximum Gasteiger partial charge on any atom is 0.457 e. The van der Waals surface area contributed by atoms with E-state index < -0.39 is 12.5 Å². The number of rotatable bonds is 6. The minimum Gasteiger partial charge on any atom is -0.452 e. The van der Waals surface area contributed by atoms with E-state index in [0.29, 0.717) is 17.8 Å². The van der Waals surface area contributed by atoms with Gasteiger partial charge in [0.15, 0.2) is 0 Å². The minimum atomic E-state index is -5.02. The summed E-state index contributed by atoms with van der Waals surface area (Å²) >= 11 is 0. The Labute approximate surface area is 187 Å². The largest absolute Gasteiger partial charge is 0.457 e. The minimum absolute atomic E-state index is 0.123. The van der Waals surface area contributed by atoms with Gasteiger partial charge in [-0.05, 0) is 73.4 Å². The standard InChI is InChI=1S/C27H28F4O/c1-3-21(4-2)22-11-7-19(8-12-22)5-6-20-9-13-23(14-10-20)24-15-17-25(18-16-24)32-26(28)27(29,30)31/h3,7-8,11-12,15-18,20-21,23,26H,1,4,9-10,13-14H2,2H3/t20-,21?,23-,26?. The van der Waals surface area contributed by atoms with Crippen molar-refractivity contribution in [1.82, 2.24) is 0 Å². The Hall–Kier alpha value is -2.74. The predicted molar refractivity (Wildman–Crippen MR) is 119 cm³/mol. The first kappa shape index (κ1) is 23.9. The molecule has 2 unspecified atom stereocenters. The van der Waals surface area contributed by atoms with Crippen molar-refractivity contribution in [3.8, 4) is 17.6 Å². The van der Waals surface area contributed by atoms with Gasteiger partial charge in [0.25, 0.3) is 0 Å². The zero-order valence-electron chi connectivity index (χ0n) is 18.2. The fraction of sp³-hybridized carbons (Fsp3) is 0.407. The van der Waals surface area contributed by atoms with E-state index in [4.69, 9.17) is 0 Å². The van der Waals surface area contributed by atoms with Crippen molar-refractivity contribution in [2.75, 3.05) is 0 Å². The Balaban J connectivity index is 1.52. The van der Waals surface area contributed by atoms with Crippen molar-refractivity contribution in [1.29, 1.82) is 0 Å². The monoisotopic (exact) mass is 444 g/mol. The van der Waals surface area contributed by atoms with E-state index in [0.717, 1.165) is 43.2 Å². The van der Waals surface area contributed by atoms with E-state index in [1.165, 1.54) is 17.7 Å². The lowest BCUT2D eigenvalue weighted by Gasteiger charge is -2.26. The number of hydrogen-bond acceptors (Lipinski definition) is 1. The molecule has 0 amide bonds. The van der Waals surface area contributed by atoms with E-state index in [1.54, 1.807) is 12.1 Å². The summed E-state index contributed by atoms with van der Waals surface area (Å²) in [4.78, 5) is 0. The highest BCUT2D eigenvalue weighted by Crippen LogP contribution is 2.36. The van der Waals surface area contributed by atoms with Crippen LogP contribution in [0, 0.1) is 17.8 Å². The predicted octanol–water partition coefficient (Wildman–Crippen LogP) is 7.93. The zero-order chi connectivity index (χ0) is 23.1. The Morgan fingerprint density at radius 2 is 1.66 bits per heavy atom. The summed E-state index contributed by atoms with van der Waals surface area (Å²) in [5.41, 5.74) is 3.30. The molecule has 5 heteroatoms. The molecule has 0 saturated heterocycles. The smallest absolute Gasteiger partial charge is 0.452 e. The zero-order valence-corrected chi connectivity index (χ0v) is 18.2. The molecule has 1 aliphatic rings. The van der Waals surface area contributed by atoms with Crippen LogP contribution in [0.4, 0.5) is 17.6 Å². The van der Waals surface area contributed by atoms with E-state index in [1.807, 2.05) is 6.08 Å². The number of benzene rings is 2. The van der Waals surface area contributed by atoms with Gasteiger partial charge < -0.3 is 4.74 Å². The van der Waals surface area contributed by atoms with Gasteiger partial charge in [-0.2, -0.15) is 17.6 Å². The van der Waals surface area contributed by atoms with Crippen LogP contribution < -0.4 is 4.74 Å². The van der Waals surface area contributed by atoms with Crippen molar-refractivity contribution in [3.63, 3.8) is 0 Å². The van der Waals surface area contributed by atoms with Crippen LogP contribution in [-0.2, 0) is 0 Å². The van der Waals surface area contributed by atoms with Gasteiger partial charge in [-0.3, -0.25) is 0 Å². The van der Waals surface area contributed by atoms with Crippen LogP contribution in [0.5, 0.6) is 5.75 Å². The Bertz CT molecular complexity index is 927. The van der Waals surface area contributed by atoms with Crippen molar-refractivity contribution in [3.05, 3.63) is 77.9 Å². The molecule has 0 heterocycles. The lowest BCUT2D eigenvalue weighted by Crippen LogP contribution is -2.29. The van der Waals surface area contributed by atoms with Crippen LogP contribution in [0.2, 0.25) is 0 Å². The maximum atomic E-state index is 13.0. The average molecular weight is 445 g/mol. The summed E-state index contributed by atoms with van der Waals surface area (Å²) in [5.74, 6) is 7.60. The number of ether oxygens (including phenoxy) is 1. The third-order valence-corrected chi connectivity index (χ3v) is 6.06. The van der Waals surface area contributed by atoms with E-state index in [-0.39, 0.29) is 5.75 Å². The molecule has 0 aliphatic heterocycles. The molecule has 170 valence electrons. The highest BCUT2D eigenvalue weighted by atomic mass is 19.4. The van der Waals surface area contributed by atoms with Crippen molar-refractivity contribution >= 4 is 0 Å². The van der Waals surface area contributed by atoms with Crippen LogP contribution in [-0.4, -0.2) is 12.5 Å². The Morgan fingerprint density at radius 1 is 1.03 bits per heavy atom. The van der Waals surface area contributed by atoms with Crippen LogP contribution in [0.15, 0.2) is 61.2 Å². The van der Waals surface area contributed by atoms with Gasteiger partial charge in [0, 0.05) is 17.4 Å². The first-order valence-electron chi connectivity index (χ1n) is 11.0. The van der Waals surface area contributed by atoms with Crippen LogP contribution in [0.1, 0.15) is 67.6 Å². The SMILES string of the molecule is C=CC(CC)c1ccc(C#C[C@H]2CC[C@H](c3ccc(OC(F)C(F)(F)F)cc3)CC2)cc1. The van der Waals surface area contributed by atoms with Gasteiger partial charge in [0.1, 0.15) is 5.75 Å². The molecule has 1 saturated carbocycles. The molecule has 0 radical (unpaired) electrons. The maximum absolute atomic E-state index is 13.0. The van der Waals surface area contributed by atoms with Gasteiger partial charge in [-0.15, -0.1) is 6.58 Å². The summed E-state index contributed by atoms with van der Waals surface area (Å²) in [5, 5.41) is 0. The second kappa shape index (κ2) is 10.7. The molecular weight excluding hydrogens is 416 g/mol. The molecule has 2 atom stereocenters. The summed E-state index contributed by atoms with van der Waals surface area (Å²) in [6.07, 6.45) is -1.46. The van der Waals surface area contributed by atoms with E-state index in [9.17, 15) is 17.6 Å². The van der Waals surface area contributed by atoms with Crippen molar-refractivity contribution < 1.29 is 22.3 Å². The Morgan fingerprint density at radius 3 is 2.19 bits per heavy atom. The number of hydrogen-bond donors (Lipinski definition) is 0. The molecule has 0 aromatic heterocycles.